The molecule has 0 aliphatic rings. The summed E-state index contributed by atoms with van der Waals surface area (Å²) in [6.07, 6.45) is -4.65. The Labute approximate surface area is 69.5 Å². The lowest BCUT2D eigenvalue weighted by Gasteiger charge is -2.22. The molecule has 0 aliphatic heterocycles. The standard InChI is InChI=1S/C6H12N2O4/c7-1-3(8)5(11)6(12)4(10)2-9/h3-6,9-12H,2,8H2/t3-,4-,5-,6-/m1/s1/i1+1,8+1. The minimum absolute atomic E-state index is 0.698. The Bertz CT molecular complexity index is 169. The number of aliphatic hydroxyl groups is 4. The van der Waals surface area contributed by atoms with Crippen LogP contribution in [0, 0.1) is 11.3 Å². The second kappa shape index (κ2) is 5.03. The van der Waals surface area contributed by atoms with E-state index in [4.69, 9.17) is 31.4 Å². The lowest BCUT2D eigenvalue weighted by molar-refractivity contribution is -0.0784. The maximum Gasteiger partial charge on any atom is 0.122 e. The van der Waals surface area contributed by atoms with Crippen molar-refractivity contribution in [3.05, 3.63) is 0 Å². The van der Waals surface area contributed by atoms with Gasteiger partial charge in [0.1, 0.15) is 24.4 Å². The van der Waals surface area contributed by atoms with E-state index >= 15 is 0 Å². The third-order valence-corrected chi connectivity index (χ3v) is 1.45. The fraction of sp³-hybridized carbons (Fsp3) is 0.833. The summed E-state index contributed by atoms with van der Waals surface area (Å²) in [5.74, 6) is 0. The molecule has 0 amide bonds. The van der Waals surface area contributed by atoms with Gasteiger partial charge in [-0.25, -0.2) is 0 Å². The van der Waals surface area contributed by atoms with Gasteiger partial charge in [-0.1, -0.05) is 0 Å². The SMILES string of the molecule is N#[13C][C@@H]([15NH2])[C@@H](O)[C@H](O)[C@H](O)CO. The van der Waals surface area contributed by atoms with Gasteiger partial charge in [-0.2, -0.15) is 5.26 Å². The Balaban J connectivity index is 4.10. The van der Waals surface area contributed by atoms with Gasteiger partial charge in [0.15, 0.2) is 0 Å². The maximum absolute atomic E-state index is 9.02. The number of hydrogen-bond acceptors (Lipinski definition) is 6. The van der Waals surface area contributed by atoms with E-state index < -0.39 is 31.0 Å². The van der Waals surface area contributed by atoms with Crippen LogP contribution in [0.25, 0.3) is 0 Å². The van der Waals surface area contributed by atoms with Gasteiger partial charge in [-0.3, -0.25) is 0 Å². The van der Waals surface area contributed by atoms with Gasteiger partial charge in [0.05, 0.1) is 12.7 Å². The molecule has 0 aromatic rings. The predicted octanol–water partition coefficient (Wildman–Crippen LogP) is -3.09. The highest BCUT2D eigenvalue weighted by Crippen LogP contribution is 2.02. The first-order valence-electron chi connectivity index (χ1n) is 3.34. The lowest BCUT2D eigenvalue weighted by atomic mass is 10.1. The van der Waals surface area contributed by atoms with Crippen molar-refractivity contribution in [2.75, 3.05) is 6.61 Å². The van der Waals surface area contributed by atoms with Crippen LogP contribution in [0.1, 0.15) is 0 Å². The number of hydrogen-bond donors (Lipinski definition) is 5. The average molecular weight is 178 g/mol. The van der Waals surface area contributed by atoms with Gasteiger partial charge in [-0.05, 0) is 0 Å². The molecule has 0 saturated carbocycles. The molecule has 0 spiro atoms. The Morgan fingerprint density at radius 3 is 2.08 bits per heavy atom. The van der Waals surface area contributed by atoms with Crippen LogP contribution in [0.5, 0.6) is 0 Å². The van der Waals surface area contributed by atoms with Gasteiger partial charge in [0.2, 0.25) is 0 Å². The fourth-order valence-electron chi connectivity index (χ4n) is 0.624. The summed E-state index contributed by atoms with van der Waals surface area (Å²) in [5, 5.41) is 43.4. The van der Waals surface area contributed by atoms with Crippen molar-refractivity contribution in [1.29, 1.82) is 5.26 Å². The van der Waals surface area contributed by atoms with Crippen LogP contribution in [-0.4, -0.2) is 51.4 Å². The summed E-state index contributed by atoms with van der Waals surface area (Å²) in [6, 6.07) is 0.223. The molecule has 0 aromatic heterocycles. The van der Waals surface area contributed by atoms with Gasteiger partial charge >= 0.3 is 0 Å². The summed E-state index contributed by atoms with van der Waals surface area (Å²) in [6.45, 7) is -0.698. The maximum atomic E-state index is 9.02. The molecule has 4 atom stereocenters. The second-order valence-corrected chi connectivity index (χ2v) is 2.39. The van der Waals surface area contributed by atoms with Crippen molar-refractivity contribution >= 4 is 0 Å². The molecule has 0 radical (unpaired) electrons. The number of rotatable bonds is 4. The highest BCUT2D eigenvalue weighted by molar-refractivity contribution is 4.96. The van der Waals surface area contributed by atoms with Crippen molar-refractivity contribution < 1.29 is 20.4 Å². The first kappa shape index (κ1) is 11.3. The summed E-state index contributed by atoms with van der Waals surface area (Å²) in [7, 11) is 0. The van der Waals surface area contributed by atoms with E-state index in [9.17, 15) is 0 Å². The summed E-state index contributed by atoms with van der Waals surface area (Å²) in [5.41, 5.74) is 5.05. The normalized spacial score (nSPS) is 20.7. The molecule has 0 aliphatic carbocycles. The Kier molecular flexibility index (Phi) is 4.73. The van der Waals surface area contributed by atoms with Crippen molar-refractivity contribution in [2.45, 2.75) is 24.4 Å². The second-order valence-electron chi connectivity index (χ2n) is 2.39. The third-order valence-electron chi connectivity index (χ3n) is 1.45. The monoisotopic (exact) mass is 178 g/mol. The molecule has 6 heteroatoms. The molecule has 0 bridgehead atoms. The Morgan fingerprint density at radius 2 is 1.75 bits per heavy atom. The topological polar surface area (TPSA) is 131 Å². The van der Waals surface area contributed by atoms with E-state index in [1.165, 1.54) is 6.07 Å². The molecular weight excluding hydrogens is 166 g/mol. The van der Waals surface area contributed by atoms with Gasteiger partial charge in [-0.15, -0.1) is 0 Å². The minimum Gasteiger partial charge on any atom is -0.394 e. The number of nitriles is 1. The van der Waals surface area contributed by atoms with Gasteiger partial charge < -0.3 is 26.2 Å². The molecule has 0 aromatic carbocycles. The Morgan fingerprint density at radius 1 is 1.25 bits per heavy atom. The smallest absolute Gasteiger partial charge is 0.122 e. The van der Waals surface area contributed by atoms with Gasteiger partial charge in [0, 0.05) is 0 Å². The quantitative estimate of drug-likeness (QED) is 0.229. The minimum atomic E-state index is -1.61. The molecule has 6 N–H and O–H groups in total. The largest absolute Gasteiger partial charge is 0.394 e. The first-order chi connectivity index (χ1) is 5.54. The zero-order valence-electron chi connectivity index (χ0n) is 6.33. The fourth-order valence-corrected chi connectivity index (χ4v) is 0.624. The van der Waals surface area contributed by atoms with E-state index in [0.717, 1.165) is 0 Å². The number of aliphatic hydroxyl groups excluding tert-OH is 4. The van der Waals surface area contributed by atoms with Crippen LogP contribution < -0.4 is 5.73 Å². The zero-order chi connectivity index (χ0) is 9.72. The molecule has 0 heterocycles. The highest BCUT2D eigenvalue weighted by atomic mass is 16.4. The predicted molar refractivity (Wildman–Crippen MR) is 38.7 cm³/mol. The van der Waals surface area contributed by atoms with E-state index in [2.05, 4.69) is 0 Å². The molecule has 6 nitrogen and oxygen atoms in total. The average Bonchev–Trinajstić information content (AvgIpc) is 2.12. The number of nitrogens with two attached hydrogens (primary N) is 1. The zero-order valence-corrected chi connectivity index (χ0v) is 6.33. The molecule has 12 heavy (non-hydrogen) atoms. The van der Waals surface area contributed by atoms with E-state index in [-0.39, 0.29) is 0 Å². The molecule has 0 fully saturated rings. The lowest BCUT2D eigenvalue weighted by Crippen LogP contribution is -2.48. The van der Waals surface area contributed by atoms with Crippen molar-refractivity contribution in [2.24, 2.45) is 5.73 Å². The van der Waals surface area contributed by atoms with Gasteiger partial charge in [0.25, 0.3) is 0 Å². The van der Waals surface area contributed by atoms with E-state index in [0.29, 0.717) is 0 Å². The molecule has 0 unspecified atom stereocenters. The molecular formula is C6H12N2O4. The summed E-state index contributed by atoms with van der Waals surface area (Å²) in [4.78, 5) is 0. The third kappa shape index (κ3) is 2.73. The van der Waals surface area contributed by atoms with E-state index in [1.54, 1.807) is 0 Å². The van der Waals surface area contributed by atoms with Crippen molar-refractivity contribution in [3.63, 3.8) is 0 Å². The van der Waals surface area contributed by atoms with Crippen LogP contribution in [-0.2, 0) is 0 Å². The molecule has 0 saturated heterocycles. The van der Waals surface area contributed by atoms with Crippen LogP contribution >= 0.6 is 0 Å². The van der Waals surface area contributed by atoms with Crippen molar-refractivity contribution in [3.8, 4) is 6.07 Å². The molecule has 0 rings (SSSR count). The highest BCUT2D eigenvalue weighted by Gasteiger charge is 2.28. The van der Waals surface area contributed by atoms with Crippen LogP contribution in [0.4, 0.5) is 0 Å². The van der Waals surface area contributed by atoms with Crippen LogP contribution in [0.3, 0.4) is 0 Å². The van der Waals surface area contributed by atoms with Crippen molar-refractivity contribution in [1.82, 2.24) is 0 Å². The Hall–Kier alpha value is -0.710. The first-order valence-corrected chi connectivity index (χ1v) is 3.34. The van der Waals surface area contributed by atoms with Crippen LogP contribution in [0.15, 0.2) is 0 Å². The summed E-state index contributed by atoms with van der Waals surface area (Å²) < 4.78 is 0. The summed E-state index contributed by atoms with van der Waals surface area (Å²) >= 11 is 0. The van der Waals surface area contributed by atoms with Crippen LogP contribution in [0.2, 0.25) is 0 Å². The molecule has 70 valence electrons. The van der Waals surface area contributed by atoms with E-state index in [1.807, 2.05) is 0 Å². The number of nitrogens with zero attached hydrogens (tertiary/aromatic N) is 1.